The van der Waals surface area contributed by atoms with Crippen molar-refractivity contribution >= 4 is 21.6 Å². The second kappa shape index (κ2) is 10.2. The van der Waals surface area contributed by atoms with Crippen LogP contribution in [0.15, 0.2) is 66.7 Å². The van der Waals surface area contributed by atoms with Gasteiger partial charge in [-0.15, -0.1) is 0 Å². The lowest BCUT2D eigenvalue weighted by molar-refractivity contribution is 0.0935. The SMILES string of the molecule is CC[C@@H](NC(=O)c1ccc(CN(c2c(C)cccc2C)S(C)(=O)=O)cc1)c1ccccc1C. The Kier molecular flexibility index (Phi) is 7.59. The Bertz CT molecular complexity index is 1210. The maximum Gasteiger partial charge on any atom is 0.251 e. The lowest BCUT2D eigenvalue weighted by Crippen LogP contribution is -2.31. The number of para-hydroxylation sites is 1. The Hall–Kier alpha value is -3.12. The highest BCUT2D eigenvalue weighted by molar-refractivity contribution is 7.92. The van der Waals surface area contributed by atoms with Gasteiger partial charge in [-0.1, -0.05) is 61.5 Å². The van der Waals surface area contributed by atoms with E-state index in [1.54, 1.807) is 12.1 Å². The fourth-order valence-corrected chi connectivity index (χ4v) is 5.11. The summed E-state index contributed by atoms with van der Waals surface area (Å²) >= 11 is 0. The summed E-state index contributed by atoms with van der Waals surface area (Å²) in [6.07, 6.45) is 2.00. The summed E-state index contributed by atoms with van der Waals surface area (Å²) in [5, 5.41) is 3.12. The molecular formula is C27H32N2O3S. The van der Waals surface area contributed by atoms with Crippen LogP contribution < -0.4 is 9.62 Å². The van der Waals surface area contributed by atoms with Crippen molar-refractivity contribution in [1.82, 2.24) is 5.32 Å². The number of amides is 1. The predicted molar refractivity (Wildman–Crippen MR) is 135 cm³/mol. The minimum Gasteiger partial charge on any atom is -0.345 e. The Labute approximate surface area is 197 Å². The largest absolute Gasteiger partial charge is 0.345 e. The molecule has 0 aromatic heterocycles. The van der Waals surface area contributed by atoms with Crippen LogP contribution in [0.2, 0.25) is 0 Å². The molecule has 3 rings (SSSR count). The van der Waals surface area contributed by atoms with Crippen molar-refractivity contribution in [3.05, 3.63) is 100 Å². The second-order valence-corrected chi connectivity index (χ2v) is 10.4. The number of nitrogens with one attached hydrogen (secondary N) is 1. The number of hydrogen-bond donors (Lipinski definition) is 1. The molecule has 1 amide bonds. The first-order valence-corrected chi connectivity index (χ1v) is 13.0. The molecule has 1 N–H and O–H groups in total. The number of anilines is 1. The summed E-state index contributed by atoms with van der Waals surface area (Å²) in [5.41, 5.74) is 6.12. The van der Waals surface area contributed by atoms with Crippen molar-refractivity contribution in [3.63, 3.8) is 0 Å². The Morgan fingerprint density at radius 1 is 0.879 bits per heavy atom. The molecular weight excluding hydrogens is 432 g/mol. The monoisotopic (exact) mass is 464 g/mol. The van der Waals surface area contributed by atoms with E-state index < -0.39 is 10.0 Å². The van der Waals surface area contributed by atoms with Crippen LogP contribution in [0.25, 0.3) is 0 Å². The number of nitrogens with zero attached hydrogens (tertiary/aromatic N) is 1. The zero-order valence-electron chi connectivity index (χ0n) is 19.9. The van der Waals surface area contributed by atoms with E-state index in [9.17, 15) is 13.2 Å². The summed E-state index contributed by atoms with van der Waals surface area (Å²) in [7, 11) is -3.49. The second-order valence-electron chi connectivity index (χ2n) is 8.50. The van der Waals surface area contributed by atoms with E-state index in [1.807, 2.05) is 82.3 Å². The van der Waals surface area contributed by atoms with E-state index in [0.29, 0.717) is 11.3 Å². The molecule has 5 nitrogen and oxygen atoms in total. The molecule has 0 heterocycles. The van der Waals surface area contributed by atoms with Crippen molar-refractivity contribution < 1.29 is 13.2 Å². The summed E-state index contributed by atoms with van der Waals surface area (Å²) < 4.78 is 26.6. The van der Waals surface area contributed by atoms with E-state index >= 15 is 0 Å². The highest BCUT2D eigenvalue weighted by Crippen LogP contribution is 2.28. The van der Waals surface area contributed by atoms with Gasteiger partial charge in [-0.25, -0.2) is 8.42 Å². The molecule has 0 aliphatic rings. The van der Waals surface area contributed by atoms with Crippen molar-refractivity contribution in [2.75, 3.05) is 10.6 Å². The molecule has 0 aliphatic heterocycles. The van der Waals surface area contributed by atoms with Crippen molar-refractivity contribution in [3.8, 4) is 0 Å². The normalized spacial score (nSPS) is 12.3. The van der Waals surface area contributed by atoms with E-state index in [4.69, 9.17) is 0 Å². The van der Waals surface area contributed by atoms with Crippen LogP contribution in [0.1, 0.15) is 57.6 Å². The molecule has 0 spiro atoms. The maximum absolute atomic E-state index is 12.9. The number of carbonyl (C=O) groups is 1. The smallest absolute Gasteiger partial charge is 0.251 e. The Morgan fingerprint density at radius 2 is 1.45 bits per heavy atom. The van der Waals surface area contributed by atoms with Crippen LogP contribution in [-0.2, 0) is 16.6 Å². The maximum atomic E-state index is 12.9. The van der Waals surface area contributed by atoms with Gasteiger partial charge in [0.1, 0.15) is 0 Å². The standard InChI is InChI=1S/C27H32N2O3S/c1-6-25(24-13-8-7-10-19(24)2)28-27(30)23-16-14-22(15-17-23)18-29(33(5,31)32)26-20(3)11-9-12-21(26)4/h7-17,25H,6,18H2,1-5H3,(H,28,30)/t25-/m1/s1. The molecule has 6 heteroatoms. The van der Waals surface area contributed by atoms with Crippen LogP contribution in [0.3, 0.4) is 0 Å². The molecule has 0 radical (unpaired) electrons. The third-order valence-electron chi connectivity index (χ3n) is 5.91. The van der Waals surface area contributed by atoms with Gasteiger partial charge in [0.05, 0.1) is 24.5 Å². The van der Waals surface area contributed by atoms with Crippen LogP contribution in [0.5, 0.6) is 0 Å². The average Bonchev–Trinajstić information content (AvgIpc) is 2.77. The molecule has 0 unspecified atom stereocenters. The van der Waals surface area contributed by atoms with Gasteiger partial charge in [-0.05, 0) is 67.1 Å². The molecule has 174 valence electrons. The third-order valence-corrected chi connectivity index (χ3v) is 7.02. The molecule has 3 aromatic carbocycles. The number of sulfonamides is 1. The first kappa shape index (κ1) is 24.5. The quantitative estimate of drug-likeness (QED) is 0.481. The van der Waals surface area contributed by atoms with Gasteiger partial charge >= 0.3 is 0 Å². The predicted octanol–water partition coefficient (Wildman–Crippen LogP) is 5.46. The zero-order chi connectivity index (χ0) is 24.2. The zero-order valence-corrected chi connectivity index (χ0v) is 20.7. The van der Waals surface area contributed by atoms with Crippen molar-refractivity contribution in [2.24, 2.45) is 0 Å². The van der Waals surface area contributed by atoms with Gasteiger partial charge < -0.3 is 5.32 Å². The lowest BCUT2D eigenvalue weighted by Gasteiger charge is -2.26. The molecule has 0 saturated heterocycles. The molecule has 0 saturated carbocycles. The number of aryl methyl sites for hydroxylation is 3. The third kappa shape index (κ3) is 5.82. The number of hydrogen-bond acceptors (Lipinski definition) is 3. The first-order valence-electron chi connectivity index (χ1n) is 11.1. The van der Waals surface area contributed by atoms with Crippen molar-refractivity contribution in [2.45, 2.75) is 46.7 Å². The molecule has 1 atom stereocenters. The molecule has 0 aliphatic carbocycles. The van der Waals surface area contributed by atoms with Crippen LogP contribution >= 0.6 is 0 Å². The van der Waals surface area contributed by atoms with E-state index in [-0.39, 0.29) is 18.5 Å². The average molecular weight is 465 g/mol. The fraction of sp³-hybridized carbons (Fsp3) is 0.296. The summed E-state index contributed by atoms with van der Waals surface area (Å²) in [6, 6.07) is 20.9. The number of carbonyl (C=O) groups excluding carboxylic acids is 1. The molecule has 0 bridgehead atoms. The summed E-state index contributed by atoms with van der Waals surface area (Å²) in [6.45, 7) is 8.11. The molecule has 3 aromatic rings. The Morgan fingerprint density at radius 3 is 2.00 bits per heavy atom. The summed E-state index contributed by atoms with van der Waals surface area (Å²) in [5.74, 6) is -0.147. The van der Waals surface area contributed by atoms with E-state index in [0.717, 1.165) is 34.2 Å². The van der Waals surface area contributed by atoms with Gasteiger partial charge in [0.25, 0.3) is 5.91 Å². The van der Waals surface area contributed by atoms with Gasteiger partial charge in [-0.2, -0.15) is 0 Å². The highest BCUT2D eigenvalue weighted by Gasteiger charge is 2.22. The van der Waals surface area contributed by atoms with E-state index in [1.165, 1.54) is 10.6 Å². The van der Waals surface area contributed by atoms with Gasteiger partial charge in [-0.3, -0.25) is 9.10 Å². The van der Waals surface area contributed by atoms with Gasteiger partial charge in [0.15, 0.2) is 0 Å². The number of benzene rings is 3. The van der Waals surface area contributed by atoms with Gasteiger partial charge in [0, 0.05) is 5.56 Å². The van der Waals surface area contributed by atoms with Crippen LogP contribution in [-0.4, -0.2) is 20.6 Å². The van der Waals surface area contributed by atoms with Crippen LogP contribution in [0, 0.1) is 20.8 Å². The van der Waals surface area contributed by atoms with Crippen LogP contribution in [0.4, 0.5) is 5.69 Å². The minimum atomic E-state index is -3.49. The number of rotatable bonds is 8. The van der Waals surface area contributed by atoms with Crippen molar-refractivity contribution in [1.29, 1.82) is 0 Å². The summed E-state index contributed by atoms with van der Waals surface area (Å²) in [4.78, 5) is 12.9. The first-order chi connectivity index (χ1) is 15.6. The van der Waals surface area contributed by atoms with Gasteiger partial charge in [0.2, 0.25) is 10.0 Å². The molecule has 33 heavy (non-hydrogen) atoms. The fourth-order valence-electron chi connectivity index (χ4n) is 4.11. The topological polar surface area (TPSA) is 66.5 Å². The lowest BCUT2D eigenvalue weighted by atomic mass is 9.99. The minimum absolute atomic E-state index is 0.0665. The van der Waals surface area contributed by atoms with E-state index in [2.05, 4.69) is 5.32 Å². The Balaban J connectivity index is 1.80. The highest BCUT2D eigenvalue weighted by atomic mass is 32.2. The molecule has 0 fully saturated rings.